The lowest BCUT2D eigenvalue weighted by Gasteiger charge is -2.11. The van der Waals surface area contributed by atoms with Gasteiger partial charge in [0.25, 0.3) is 11.4 Å². The molecule has 0 amide bonds. The number of para-hydroxylation sites is 2. The molecule has 0 unspecified atom stereocenters. The standard InChI is InChI=1S/C28H22N4O6/c1-37-27-15-19(11-13-23(27)29-17-21-7-3-5-9-25(21)31(33)34)20-12-14-24(28(16-20)38-2)30-18-22-8-4-6-10-26(22)32(35)36/h3-18H,1-2H3. The Balaban J connectivity index is 1.62. The van der Waals surface area contributed by atoms with E-state index in [1.54, 1.807) is 60.7 Å². The molecule has 4 aromatic rings. The van der Waals surface area contributed by atoms with Crippen molar-refractivity contribution < 1.29 is 19.3 Å². The van der Waals surface area contributed by atoms with E-state index in [2.05, 4.69) is 9.98 Å². The monoisotopic (exact) mass is 510 g/mol. The van der Waals surface area contributed by atoms with Gasteiger partial charge in [0.2, 0.25) is 0 Å². The fourth-order valence-electron chi connectivity index (χ4n) is 3.73. The highest BCUT2D eigenvalue weighted by Gasteiger charge is 2.13. The number of benzene rings is 4. The normalized spacial score (nSPS) is 11.1. The predicted octanol–water partition coefficient (Wildman–Crippen LogP) is 6.69. The van der Waals surface area contributed by atoms with Gasteiger partial charge >= 0.3 is 0 Å². The van der Waals surface area contributed by atoms with Gasteiger partial charge in [-0.1, -0.05) is 36.4 Å². The number of aliphatic imine (C=N–C) groups is 2. The van der Waals surface area contributed by atoms with E-state index >= 15 is 0 Å². The van der Waals surface area contributed by atoms with E-state index in [4.69, 9.17) is 9.47 Å². The van der Waals surface area contributed by atoms with Gasteiger partial charge in [0, 0.05) is 24.6 Å². The van der Waals surface area contributed by atoms with Crippen LogP contribution in [0.5, 0.6) is 11.5 Å². The number of hydrogen-bond donors (Lipinski definition) is 0. The molecule has 10 nitrogen and oxygen atoms in total. The lowest BCUT2D eigenvalue weighted by Crippen LogP contribution is -1.94. The smallest absolute Gasteiger partial charge is 0.278 e. The number of hydrogen-bond acceptors (Lipinski definition) is 8. The highest BCUT2D eigenvalue weighted by molar-refractivity contribution is 5.89. The summed E-state index contributed by atoms with van der Waals surface area (Å²) in [4.78, 5) is 30.4. The van der Waals surface area contributed by atoms with Gasteiger partial charge in [-0.3, -0.25) is 30.2 Å². The van der Waals surface area contributed by atoms with Crippen LogP contribution in [0.3, 0.4) is 0 Å². The van der Waals surface area contributed by atoms with Gasteiger partial charge in [-0.05, 0) is 47.5 Å². The molecule has 0 radical (unpaired) electrons. The second-order valence-corrected chi connectivity index (χ2v) is 7.92. The maximum Gasteiger partial charge on any atom is 0.278 e. The van der Waals surface area contributed by atoms with Crippen LogP contribution >= 0.6 is 0 Å². The molecular formula is C28H22N4O6. The van der Waals surface area contributed by atoms with Gasteiger partial charge < -0.3 is 9.47 Å². The van der Waals surface area contributed by atoms with E-state index in [1.165, 1.54) is 38.8 Å². The zero-order valence-corrected chi connectivity index (χ0v) is 20.5. The van der Waals surface area contributed by atoms with E-state index < -0.39 is 9.85 Å². The molecule has 0 bridgehead atoms. The van der Waals surface area contributed by atoms with Gasteiger partial charge in [0.1, 0.15) is 22.9 Å². The van der Waals surface area contributed by atoms with Crippen molar-refractivity contribution in [1.29, 1.82) is 0 Å². The number of nitrogens with zero attached hydrogens (tertiary/aromatic N) is 4. The summed E-state index contributed by atoms with van der Waals surface area (Å²) in [6, 6.07) is 23.5. The van der Waals surface area contributed by atoms with Crippen molar-refractivity contribution >= 4 is 35.2 Å². The van der Waals surface area contributed by atoms with Crippen molar-refractivity contribution in [2.45, 2.75) is 0 Å². The van der Waals surface area contributed by atoms with Gasteiger partial charge in [0.15, 0.2) is 0 Å². The van der Waals surface area contributed by atoms with Crippen LogP contribution in [-0.4, -0.2) is 36.5 Å². The Kier molecular flexibility index (Phi) is 7.83. The summed E-state index contributed by atoms with van der Waals surface area (Å²) in [6.45, 7) is 0. The molecule has 0 aliphatic rings. The first kappa shape index (κ1) is 25.7. The molecule has 190 valence electrons. The molecule has 0 atom stereocenters. The van der Waals surface area contributed by atoms with Crippen molar-refractivity contribution in [3.05, 3.63) is 116 Å². The summed E-state index contributed by atoms with van der Waals surface area (Å²) in [6.07, 6.45) is 2.87. The van der Waals surface area contributed by atoms with Crippen LogP contribution < -0.4 is 9.47 Å². The molecule has 0 aliphatic heterocycles. The summed E-state index contributed by atoms with van der Waals surface area (Å²) in [7, 11) is 3.04. The van der Waals surface area contributed by atoms with Gasteiger partial charge in [0.05, 0.1) is 35.2 Å². The van der Waals surface area contributed by atoms with Crippen molar-refractivity contribution in [1.82, 2.24) is 0 Å². The molecule has 0 spiro atoms. The van der Waals surface area contributed by atoms with Crippen molar-refractivity contribution in [3.8, 4) is 22.6 Å². The lowest BCUT2D eigenvalue weighted by molar-refractivity contribution is -0.385. The third kappa shape index (κ3) is 5.71. The minimum Gasteiger partial charge on any atom is -0.494 e. The highest BCUT2D eigenvalue weighted by Crippen LogP contribution is 2.37. The first-order chi connectivity index (χ1) is 18.4. The molecule has 0 heterocycles. The summed E-state index contributed by atoms with van der Waals surface area (Å²) in [5, 5.41) is 22.5. The van der Waals surface area contributed by atoms with E-state index in [1.807, 2.05) is 12.1 Å². The van der Waals surface area contributed by atoms with Crippen LogP contribution in [0, 0.1) is 20.2 Å². The molecule has 0 saturated carbocycles. The van der Waals surface area contributed by atoms with Crippen molar-refractivity contribution in [2.75, 3.05) is 14.2 Å². The van der Waals surface area contributed by atoms with E-state index in [0.29, 0.717) is 34.0 Å². The van der Waals surface area contributed by atoms with Gasteiger partial charge in [-0.25, -0.2) is 0 Å². The largest absolute Gasteiger partial charge is 0.494 e. The zero-order valence-electron chi connectivity index (χ0n) is 20.5. The molecule has 38 heavy (non-hydrogen) atoms. The Hall–Kier alpha value is -5.38. The summed E-state index contributed by atoms with van der Waals surface area (Å²) < 4.78 is 11.0. The van der Waals surface area contributed by atoms with Crippen LogP contribution in [0.25, 0.3) is 11.1 Å². The number of nitro groups is 2. The number of methoxy groups -OCH3 is 2. The van der Waals surface area contributed by atoms with E-state index in [9.17, 15) is 20.2 Å². The fourth-order valence-corrected chi connectivity index (χ4v) is 3.73. The molecule has 0 aromatic heterocycles. The fraction of sp³-hybridized carbons (Fsp3) is 0.0714. The second-order valence-electron chi connectivity index (χ2n) is 7.92. The quantitative estimate of drug-likeness (QED) is 0.140. The third-order valence-electron chi connectivity index (χ3n) is 5.65. The molecule has 10 heteroatoms. The maximum atomic E-state index is 11.3. The van der Waals surface area contributed by atoms with Crippen molar-refractivity contribution in [2.24, 2.45) is 9.98 Å². The Bertz CT molecular complexity index is 1450. The molecular weight excluding hydrogens is 488 g/mol. The van der Waals surface area contributed by atoms with Crippen LogP contribution in [0.2, 0.25) is 0 Å². The van der Waals surface area contributed by atoms with Crippen LogP contribution in [0.1, 0.15) is 11.1 Å². The second kappa shape index (κ2) is 11.6. The molecule has 0 fully saturated rings. The SMILES string of the molecule is COc1cc(-c2ccc(N=Cc3ccccc3[N+](=O)[O-])c(OC)c2)ccc1N=Cc1ccccc1[N+](=O)[O-]. The Morgan fingerprint density at radius 3 is 1.39 bits per heavy atom. The van der Waals surface area contributed by atoms with E-state index in [-0.39, 0.29) is 11.4 Å². The molecule has 4 rings (SSSR count). The first-order valence-electron chi connectivity index (χ1n) is 11.3. The number of rotatable bonds is 9. The van der Waals surface area contributed by atoms with Crippen molar-refractivity contribution in [3.63, 3.8) is 0 Å². The topological polar surface area (TPSA) is 129 Å². The number of nitro benzene ring substituents is 2. The Morgan fingerprint density at radius 1 is 0.632 bits per heavy atom. The predicted molar refractivity (Wildman–Crippen MR) is 146 cm³/mol. The zero-order chi connectivity index (χ0) is 27.1. The van der Waals surface area contributed by atoms with Gasteiger partial charge in [-0.15, -0.1) is 0 Å². The average Bonchev–Trinajstić information content (AvgIpc) is 2.95. The summed E-state index contributed by atoms with van der Waals surface area (Å²) in [5.41, 5.74) is 3.33. The van der Waals surface area contributed by atoms with Gasteiger partial charge in [-0.2, -0.15) is 0 Å². The first-order valence-corrected chi connectivity index (χ1v) is 11.3. The van der Waals surface area contributed by atoms with Crippen LogP contribution in [0.4, 0.5) is 22.7 Å². The minimum atomic E-state index is -0.454. The summed E-state index contributed by atoms with van der Waals surface area (Å²) in [5.74, 6) is 0.963. The van der Waals surface area contributed by atoms with Crippen LogP contribution in [0.15, 0.2) is 94.9 Å². The summed E-state index contributed by atoms with van der Waals surface area (Å²) >= 11 is 0. The molecule has 0 saturated heterocycles. The highest BCUT2D eigenvalue weighted by atomic mass is 16.6. The Labute approximate surface area is 217 Å². The average molecular weight is 511 g/mol. The minimum absolute atomic E-state index is 0.0384. The van der Waals surface area contributed by atoms with Crippen LogP contribution in [-0.2, 0) is 0 Å². The Morgan fingerprint density at radius 2 is 1.03 bits per heavy atom. The molecule has 4 aromatic carbocycles. The lowest BCUT2D eigenvalue weighted by atomic mass is 10.0. The maximum absolute atomic E-state index is 11.3. The van der Waals surface area contributed by atoms with E-state index in [0.717, 1.165) is 11.1 Å². The third-order valence-corrected chi connectivity index (χ3v) is 5.65. The molecule has 0 aliphatic carbocycles. The molecule has 0 N–H and O–H groups in total. The number of ether oxygens (including phenoxy) is 2.